The summed E-state index contributed by atoms with van der Waals surface area (Å²) >= 11 is 0. The molecule has 0 bridgehead atoms. The third-order valence-electron chi connectivity index (χ3n) is 29.1. The zero-order valence-corrected chi connectivity index (χ0v) is 81.8. The Kier molecular flexibility index (Phi) is 35.4. The van der Waals surface area contributed by atoms with Crippen molar-refractivity contribution in [2.45, 2.75) is 257 Å². The summed E-state index contributed by atoms with van der Waals surface area (Å²) < 4.78 is 50.4. The van der Waals surface area contributed by atoms with Crippen molar-refractivity contribution in [1.82, 2.24) is 15.0 Å². The molecule has 135 heavy (non-hydrogen) atoms. The quantitative estimate of drug-likeness (QED) is 0.0272. The molecule has 11 nitrogen and oxygen atoms in total. The van der Waals surface area contributed by atoms with Gasteiger partial charge in [-0.2, -0.15) is 0 Å². The van der Waals surface area contributed by atoms with Crippen LogP contribution in [0.3, 0.4) is 0 Å². The van der Waals surface area contributed by atoms with Crippen molar-refractivity contribution in [2.24, 2.45) is 0 Å². The lowest BCUT2D eigenvalue weighted by Gasteiger charge is -2.40. The molecular formula is C124H147N3O8. The maximum absolute atomic E-state index is 6.45. The standard InChI is InChI=1S/C124H147N3O8/c1-7-13-19-33-69-122(70-34-20-14-8-2)109-88-102(99-57-51-96(52-58-99)48-46-94-41-29-26-30-42-94)62-66-106(109)117-119(122)116-105-65-61-101(98-55-49-95(50-56-98)47-45-93-39-27-25-28-40-93)87-108(105)123(71-35-21-15-9-3,72-36-22-16-10-4)120(116)118-107-67-63-103(89-110(107)124(121(117)118,73-37-23-17-11-5)74-38-24-18-12-6)100-59-53-97(54-60-100)91-127-92-111(125-126-127)104-64-68-114-115(90-104)135-86-82-131-78-77-129-80-84-133-113-44-32-31-43-112(113)132-83-79-128-75-76-130-81-85-134-114/h25-32,39-68,87-90,92H,7-24,33-38,69-86,91H2,1-6H3/b47-45+,48-46+. The van der Waals surface area contributed by atoms with Crippen LogP contribution in [0.1, 0.15) is 295 Å². The molecule has 0 saturated carbocycles. The van der Waals surface area contributed by atoms with Crippen molar-refractivity contribution < 1.29 is 37.9 Å². The number of ether oxygens (including phenoxy) is 8. The van der Waals surface area contributed by atoms with Gasteiger partial charge >= 0.3 is 0 Å². The molecule has 0 spiro atoms. The largest absolute Gasteiger partial charge is 0.487 e. The molecular weight excluding hydrogens is 1660 g/mol. The van der Waals surface area contributed by atoms with E-state index in [9.17, 15) is 0 Å². The zero-order valence-electron chi connectivity index (χ0n) is 81.8. The number of aromatic nitrogens is 3. The van der Waals surface area contributed by atoms with Crippen molar-refractivity contribution in [3.05, 3.63) is 298 Å². The van der Waals surface area contributed by atoms with E-state index >= 15 is 0 Å². The molecule has 0 unspecified atom stereocenters. The maximum Gasteiger partial charge on any atom is 0.161 e. The number of hydrogen-bond acceptors (Lipinski definition) is 10. The molecule has 12 aromatic rings. The second kappa shape index (κ2) is 49.2. The van der Waals surface area contributed by atoms with Gasteiger partial charge in [0.05, 0.1) is 65.6 Å². The second-order valence-corrected chi connectivity index (χ2v) is 38.3. The van der Waals surface area contributed by atoms with Crippen LogP contribution in [0.25, 0.3) is 102 Å². The number of hydrogen-bond donors (Lipinski definition) is 0. The lowest BCUT2D eigenvalue weighted by Crippen LogP contribution is -2.31. The van der Waals surface area contributed by atoms with E-state index in [1.54, 1.807) is 50.1 Å². The Hall–Kier alpha value is -10.9. The van der Waals surface area contributed by atoms with Crippen molar-refractivity contribution in [2.75, 3.05) is 79.3 Å². The minimum Gasteiger partial charge on any atom is -0.487 e. The van der Waals surface area contributed by atoms with Crippen LogP contribution >= 0.6 is 0 Å². The van der Waals surface area contributed by atoms with E-state index in [1.807, 2.05) is 53.3 Å². The number of fused-ring (bicyclic) bond motifs is 14. The summed E-state index contributed by atoms with van der Waals surface area (Å²) in [4.78, 5) is 0. The summed E-state index contributed by atoms with van der Waals surface area (Å²) in [5.74, 6) is 2.53. The van der Waals surface area contributed by atoms with Crippen LogP contribution in [0.15, 0.2) is 237 Å². The van der Waals surface area contributed by atoms with E-state index in [0.29, 0.717) is 109 Å². The summed E-state index contributed by atoms with van der Waals surface area (Å²) in [5, 5.41) is 9.57. The molecule has 1 aliphatic heterocycles. The van der Waals surface area contributed by atoms with Gasteiger partial charge < -0.3 is 37.9 Å². The predicted molar refractivity (Wildman–Crippen MR) is 561 cm³/mol. The Balaban J connectivity index is 0.816. The predicted octanol–water partition coefficient (Wildman–Crippen LogP) is 32.3. The monoisotopic (exact) mass is 1810 g/mol. The Bertz CT molecular complexity index is 5650. The number of benzene rings is 11. The first-order valence-corrected chi connectivity index (χ1v) is 52.1. The number of rotatable bonds is 40. The molecule has 0 radical (unpaired) electrons. The number of nitrogens with zero attached hydrogens (tertiary/aromatic N) is 3. The fraction of sp³-hybridized carbons (Fsp3) is 0.419. The first-order chi connectivity index (χ1) is 66.7. The summed E-state index contributed by atoms with van der Waals surface area (Å²) in [5.41, 5.74) is 33.8. The van der Waals surface area contributed by atoms with Gasteiger partial charge in [0.25, 0.3) is 0 Å². The third kappa shape index (κ3) is 23.5. The molecule has 0 saturated heterocycles. The smallest absolute Gasteiger partial charge is 0.161 e. The van der Waals surface area contributed by atoms with Crippen molar-refractivity contribution >= 4 is 24.3 Å². The van der Waals surface area contributed by atoms with E-state index in [0.717, 1.165) is 55.3 Å². The highest BCUT2D eigenvalue weighted by molar-refractivity contribution is 6.06. The van der Waals surface area contributed by atoms with Crippen LogP contribution in [0.4, 0.5) is 0 Å². The summed E-state index contributed by atoms with van der Waals surface area (Å²) in [6, 6.07) is 87.6. The highest BCUT2D eigenvalue weighted by Crippen LogP contribution is 2.72. The van der Waals surface area contributed by atoms with E-state index in [4.69, 9.17) is 48.2 Å². The van der Waals surface area contributed by atoms with Crippen LogP contribution in [0.2, 0.25) is 0 Å². The minimum atomic E-state index is -0.279. The van der Waals surface area contributed by atoms with Crippen molar-refractivity contribution in [3.8, 4) is 101 Å². The van der Waals surface area contributed by atoms with Gasteiger partial charge in [0.15, 0.2) is 23.0 Å². The SMILES string of the molecule is CCCCCCC1(CCCCCC)c2cc(-c3ccc(/C=C/c4ccccc4)cc3)ccc2-c2c1c1c(c3c2C(CCCCCC)(CCCCCC)c2cc(-c4ccc(Cn5cc(-c6ccc7c(c6)OCCOCCOCCOc6ccccc6OCCOCCOCCO7)nn5)cc4)ccc2-3)C(CCCCCC)(CCCCCC)c2cc(-c3ccc(/C=C/c4ccccc4)cc3)ccc2-1. The Morgan fingerprint density at radius 2 is 0.556 bits per heavy atom. The highest BCUT2D eigenvalue weighted by Gasteiger charge is 2.58. The lowest BCUT2D eigenvalue weighted by atomic mass is 9.63. The summed E-state index contributed by atoms with van der Waals surface area (Å²) in [7, 11) is 0. The minimum absolute atomic E-state index is 0.253. The van der Waals surface area contributed by atoms with Gasteiger partial charge in [-0.25, -0.2) is 4.68 Å². The Labute approximate surface area is 807 Å². The van der Waals surface area contributed by atoms with Crippen LogP contribution in [-0.2, 0) is 41.7 Å². The maximum atomic E-state index is 6.45. The van der Waals surface area contributed by atoms with Gasteiger partial charge in [-0.15, -0.1) is 5.10 Å². The van der Waals surface area contributed by atoms with E-state index in [1.165, 1.54) is 226 Å². The van der Waals surface area contributed by atoms with Gasteiger partial charge in [-0.1, -0.05) is 407 Å². The molecule has 0 N–H and O–H groups in total. The van der Waals surface area contributed by atoms with Crippen LogP contribution in [0, 0.1) is 0 Å². The summed E-state index contributed by atoms with van der Waals surface area (Å²) in [6.07, 6.45) is 47.0. The molecule has 16 rings (SSSR count). The topological polar surface area (TPSA) is 105 Å². The second-order valence-electron chi connectivity index (χ2n) is 38.3. The Morgan fingerprint density at radius 3 is 0.896 bits per heavy atom. The molecule has 11 aromatic carbocycles. The van der Waals surface area contributed by atoms with Gasteiger partial charge in [-0.3, -0.25) is 0 Å². The van der Waals surface area contributed by atoms with E-state index < -0.39 is 0 Å². The molecule has 2 heterocycles. The first kappa shape index (κ1) is 97.2. The summed E-state index contributed by atoms with van der Waals surface area (Å²) in [6.45, 7) is 19.6. The lowest BCUT2D eigenvalue weighted by molar-refractivity contribution is 0.0223. The van der Waals surface area contributed by atoms with Gasteiger partial charge in [0.1, 0.15) is 32.1 Å². The molecule has 0 amide bonds. The van der Waals surface area contributed by atoms with Gasteiger partial charge in [0, 0.05) is 21.8 Å². The molecule has 4 aliphatic rings. The average molecular weight is 1810 g/mol. The van der Waals surface area contributed by atoms with Crippen LogP contribution in [-0.4, -0.2) is 94.3 Å². The molecule has 11 heteroatoms. The highest BCUT2D eigenvalue weighted by atomic mass is 16.6. The average Bonchev–Trinajstić information content (AvgIpc) is 1.48. The zero-order chi connectivity index (χ0) is 92.7. The molecule has 3 aliphatic carbocycles. The number of unbranched alkanes of at least 4 members (excludes halogenated alkanes) is 18. The van der Waals surface area contributed by atoms with E-state index in [-0.39, 0.29) is 16.2 Å². The molecule has 706 valence electrons. The van der Waals surface area contributed by atoms with Crippen LogP contribution in [0.5, 0.6) is 23.0 Å². The molecule has 0 fully saturated rings. The Morgan fingerprint density at radius 1 is 0.267 bits per heavy atom. The molecule has 0 atom stereocenters. The van der Waals surface area contributed by atoms with Gasteiger partial charge in [-0.05, 0) is 215 Å². The third-order valence-corrected chi connectivity index (χ3v) is 29.1. The normalized spacial score (nSPS) is 15.2. The van der Waals surface area contributed by atoms with Crippen LogP contribution < -0.4 is 18.9 Å². The molecule has 1 aromatic heterocycles. The van der Waals surface area contributed by atoms with Gasteiger partial charge in [0.2, 0.25) is 0 Å². The number of para-hydroxylation sites is 2. The van der Waals surface area contributed by atoms with Crippen molar-refractivity contribution in [3.63, 3.8) is 0 Å². The van der Waals surface area contributed by atoms with Crippen molar-refractivity contribution in [1.29, 1.82) is 0 Å². The van der Waals surface area contributed by atoms with E-state index in [2.05, 4.69) is 254 Å². The first-order valence-electron chi connectivity index (χ1n) is 52.1. The fourth-order valence-electron chi connectivity index (χ4n) is 22.1. The fourth-order valence-corrected chi connectivity index (χ4v) is 22.1.